The van der Waals surface area contributed by atoms with Gasteiger partial charge in [0.25, 0.3) is 5.91 Å². The number of rotatable bonds is 6. The molecule has 1 fully saturated rings. The third-order valence-electron chi connectivity index (χ3n) is 4.82. The Bertz CT molecular complexity index is 758. The fourth-order valence-corrected chi connectivity index (χ4v) is 4.13. The van der Waals surface area contributed by atoms with Crippen LogP contribution in [0.2, 0.25) is 0 Å². The van der Waals surface area contributed by atoms with Gasteiger partial charge in [-0.15, -0.1) is 11.3 Å². The predicted molar refractivity (Wildman–Crippen MR) is 107 cm³/mol. The highest BCUT2D eigenvalue weighted by molar-refractivity contribution is 7.12. The highest BCUT2D eigenvalue weighted by Gasteiger charge is 2.30. The summed E-state index contributed by atoms with van der Waals surface area (Å²) < 4.78 is 5.46. The van der Waals surface area contributed by atoms with Crippen molar-refractivity contribution in [1.82, 2.24) is 9.80 Å². The molecule has 0 aliphatic carbocycles. The molecular formula is C21H26N2O3S. The van der Waals surface area contributed by atoms with Gasteiger partial charge in [0.1, 0.15) is 5.75 Å². The number of amides is 2. The van der Waals surface area contributed by atoms with Crippen LogP contribution in [0.5, 0.6) is 5.75 Å². The first kappa shape index (κ1) is 19.4. The zero-order valence-electron chi connectivity index (χ0n) is 15.9. The Morgan fingerprint density at radius 3 is 2.70 bits per heavy atom. The molecular weight excluding hydrogens is 360 g/mol. The molecule has 1 aromatic carbocycles. The second kappa shape index (κ2) is 9.04. The van der Waals surface area contributed by atoms with Crippen LogP contribution in [0.15, 0.2) is 41.8 Å². The van der Waals surface area contributed by atoms with E-state index in [1.165, 1.54) is 11.3 Å². The topological polar surface area (TPSA) is 49.9 Å². The minimum atomic E-state index is -0.129. The maximum Gasteiger partial charge on any atom is 0.263 e. The maximum absolute atomic E-state index is 12.9. The first-order valence-corrected chi connectivity index (χ1v) is 10.3. The van der Waals surface area contributed by atoms with Crippen molar-refractivity contribution in [3.8, 4) is 5.75 Å². The third kappa shape index (κ3) is 4.89. The molecule has 0 N–H and O–H groups in total. The molecule has 27 heavy (non-hydrogen) atoms. The van der Waals surface area contributed by atoms with Gasteiger partial charge in [0.05, 0.1) is 17.4 Å². The number of likely N-dealkylation sites (tertiary alicyclic amines) is 1. The molecule has 1 aliphatic rings. The first-order valence-electron chi connectivity index (χ1n) is 9.38. The second-order valence-corrected chi connectivity index (χ2v) is 7.79. The normalized spacial score (nSPS) is 16.8. The molecule has 1 aromatic heterocycles. The lowest BCUT2D eigenvalue weighted by Crippen LogP contribution is -2.45. The molecule has 0 saturated carbocycles. The van der Waals surface area contributed by atoms with E-state index in [9.17, 15) is 9.59 Å². The van der Waals surface area contributed by atoms with E-state index < -0.39 is 0 Å². The lowest BCUT2D eigenvalue weighted by atomic mass is 9.96. The SMILES string of the molecule is CCOc1ccc(CN(C)C(=O)C2CCCN(C(=O)c3cccs3)C2)cc1. The molecule has 3 rings (SSSR count). The molecule has 0 radical (unpaired) electrons. The van der Waals surface area contributed by atoms with Gasteiger partial charge in [-0.3, -0.25) is 9.59 Å². The zero-order valence-corrected chi connectivity index (χ0v) is 16.7. The molecule has 5 nitrogen and oxygen atoms in total. The minimum Gasteiger partial charge on any atom is -0.494 e. The smallest absolute Gasteiger partial charge is 0.263 e. The number of hydrogen-bond acceptors (Lipinski definition) is 4. The molecule has 1 aliphatic heterocycles. The summed E-state index contributed by atoms with van der Waals surface area (Å²) >= 11 is 1.45. The van der Waals surface area contributed by atoms with Crippen LogP contribution >= 0.6 is 11.3 Å². The van der Waals surface area contributed by atoms with Gasteiger partial charge in [-0.1, -0.05) is 18.2 Å². The van der Waals surface area contributed by atoms with Crippen LogP contribution in [0, 0.1) is 5.92 Å². The maximum atomic E-state index is 12.9. The summed E-state index contributed by atoms with van der Waals surface area (Å²) in [6, 6.07) is 11.6. The number of nitrogens with zero attached hydrogens (tertiary/aromatic N) is 2. The summed E-state index contributed by atoms with van der Waals surface area (Å²) in [5, 5.41) is 1.91. The fraction of sp³-hybridized carbons (Fsp3) is 0.429. The van der Waals surface area contributed by atoms with Crippen molar-refractivity contribution in [2.45, 2.75) is 26.3 Å². The van der Waals surface area contributed by atoms with Crippen LogP contribution in [0.3, 0.4) is 0 Å². The molecule has 0 spiro atoms. The van der Waals surface area contributed by atoms with Crippen molar-refractivity contribution < 1.29 is 14.3 Å². The molecule has 2 heterocycles. The van der Waals surface area contributed by atoms with Gasteiger partial charge in [0, 0.05) is 26.7 Å². The van der Waals surface area contributed by atoms with Crippen molar-refractivity contribution in [3.63, 3.8) is 0 Å². The van der Waals surface area contributed by atoms with Crippen LogP contribution in [0.4, 0.5) is 0 Å². The van der Waals surface area contributed by atoms with E-state index in [1.54, 1.807) is 4.90 Å². The summed E-state index contributed by atoms with van der Waals surface area (Å²) in [6.07, 6.45) is 1.70. The number of thiophene rings is 1. The van der Waals surface area contributed by atoms with Crippen LogP contribution in [0.25, 0.3) is 0 Å². The van der Waals surface area contributed by atoms with Crippen LogP contribution in [-0.4, -0.2) is 48.4 Å². The standard InChI is InChI=1S/C21H26N2O3S/c1-3-26-18-10-8-16(9-11-18)14-22(2)20(24)17-6-4-12-23(15-17)21(25)19-7-5-13-27-19/h5,7-11,13,17H,3-4,6,12,14-15H2,1-2H3. The first-order chi connectivity index (χ1) is 13.1. The monoisotopic (exact) mass is 386 g/mol. The van der Waals surface area contributed by atoms with E-state index in [2.05, 4.69) is 0 Å². The second-order valence-electron chi connectivity index (χ2n) is 6.84. The lowest BCUT2D eigenvalue weighted by molar-refractivity contribution is -0.136. The molecule has 1 saturated heterocycles. The summed E-state index contributed by atoms with van der Waals surface area (Å²) in [4.78, 5) is 29.8. The highest BCUT2D eigenvalue weighted by Crippen LogP contribution is 2.23. The number of carbonyl (C=O) groups is 2. The Labute approximate surface area is 164 Å². The lowest BCUT2D eigenvalue weighted by Gasteiger charge is -2.33. The van der Waals surface area contributed by atoms with Gasteiger partial charge in [0.15, 0.2) is 0 Å². The Morgan fingerprint density at radius 1 is 1.26 bits per heavy atom. The quantitative estimate of drug-likeness (QED) is 0.761. The van der Waals surface area contributed by atoms with Gasteiger partial charge in [-0.25, -0.2) is 0 Å². The van der Waals surface area contributed by atoms with Gasteiger partial charge in [-0.05, 0) is 48.9 Å². The van der Waals surface area contributed by atoms with Gasteiger partial charge >= 0.3 is 0 Å². The molecule has 144 valence electrons. The summed E-state index contributed by atoms with van der Waals surface area (Å²) in [6.45, 7) is 4.38. The van der Waals surface area contributed by atoms with E-state index >= 15 is 0 Å². The van der Waals surface area contributed by atoms with Crippen LogP contribution in [0.1, 0.15) is 35.0 Å². The van der Waals surface area contributed by atoms with E-state index in [1.807, 2.05) is 60.6 Å². The van der Waals surface area contributed by atoms with Crippen molar-refractivity contribution >= 4 is 23.2 Å². The predicted octanol–water partition coefficient (Wildman–Crippen LogP) is 3.66. The van der Waals surface area contributed by atoms with E-state index in [0.717, 1.165) is 35.6 Å². The molecule has 2 aromatic rings. The molecule has 1 atom stereocenters. The molecule has 0 bridgehead atoms. The number of benzene rings is 1. The van der Waals surface area contributed by atoms with Gasteiger partial charge in [-0.2, -0.15) is 0 Å². The average Bonchev–Trinajstić information content (AvgIpc) is 3.23. The Kier molecular flexibility index (Phi) is 6.50. The van der Waals surface area contributed by atoms with E-state index in [4.69, 9.17) is 4.74 Å². The summed E-state index contributed by atoms with van der Waals surface area (Å²) in [5.74, 6) is 0.852. The van der Waals surface area contributed by atoms with Gasteiger partial charge < -0.3 is 14.5 Å². The Balaban J connectivity index is 1.58. The number of piperidine rings is 1. The third-order valence-corrected chi connectivity index (χ3v) is 5.68. The molecule has 1 unspecified atom stereocenters. The Hall–Kier alpha value is -2.34. The van der Waals surface area contributed by atoms with Crippen molar-refractivity contribution in [2.24, 2.45) is 5.92 Å². The highest BCUT2D eigenvalue weighted by atomic mass is 32.1. The van der Waals surface area contributed by atoms with Crippen LogP contribution in [-0.2, 0) is 11.3 Å². The number of ether oxygens (including phenoxy) is 1. The number of hydrogen-bond donors (Lipinski definition) is 0. The fourth-order valence-electron chi connectivity index (χ4n) is 3.44. The van der Waals surface area contributed by atoms with E-state index in [0.29, 0.717) is 19.7 Å². The van der Waals surface area contributed by atoms with Gasteiger partial charge in [0.2, 0.25) is 5.91 Å². The zero-order chi connectivity index (χ0) is 19.2. The van der Waals surface area contributed by atoms with Crippen molar-refractivity contribution in [1.29, 1.82) is 0 Å². The van der Waals surface area contributed by atoms with Crippen molar-refractivity contribution in [3.05, 3.63) is 52.2 Å². The minimum absolute atomic E-state index is 0.0386. The number of carbonyl (C=O) groups excluding carboxylic acids is 2. The molecule has 6 heteroatoms. The summed E-state index contributed by atoms with van der Waals surface area (Å²) in [5.41, 5.74) is 1.07. The van der Waals surface area contributed by atoms with Crippen LogP contribution < -0.4 is 4.74 Å². The van der Waals surface area contributed by atoms with Crippen molar-refractivity contribution in [2.75, 3.05) is 26.7 Å². The average molecular weight is 387 g/mol. The Morgan fingerprint density at radius 2 is 2.04 bits per heavy atom. The summed E-state index contributed by atoms with van der Waals surface area (Å²) in [7, 11) is 1.83. The van der Waals surface area contributed by atoms with E-state index in [-0.39, 0.29) is 17.7 Å². The largest absolute Gasteiger partial charge is 0.494 e. The molecule has 2 amide bonds.